The maximum absolute atomic E-state index is 12.3. The number of anilines is 1. The lowest BCUT2D eigenvalue weighted by molar-refractivity contribution is -0.115. The second kappa shape index (κ2) is 6.71. The molecule has 3 rings (SSSR count). The topological polar surface area (TPSA) is 59.8 Å². The van der Waals surface area contributed by atoms with Gasteiger partial charge < -0.3 is 9.88 Å². The molecule has 122 valence electrons. The van der Waals surface area contributed by atoms with Crippen LogP contribution >= 0.6 is 35.0 Å². The van der Waals surface area contributed by atoms with Gasteiger partial charge in [0, 0.05) is 28.7 Å². The van der Waals surface area contributed by atoms with Gasteiger partial charge in [-0.05, 0) is 38.0 Å². The van der Waals surface area contributed by atoms with Gasteiger partial charge in [0.05, 0.1) is 5.25 Å². The first-order valence-corrected chi connectivity index (χ1v) is 8.90. The highest BCUT2D eigenvalue weighted by Gasteiger charge is 2.30. The molecule has 0 aliphatic heterocycles. The minimum absolute atomic E-state index is 0.135. The van der Waals surface area contributed by atoms with Crippen LogP contribution in [0, 0.1) is 0 Å². The number of benzene rings is 1. The second-order valence-corrected chi connectivity index (χ2v) is 7.76. The van der Waals surface area contributed by atoms with E-state index in [0.717, 1.165) is 11.0 Å². The molecule has 1 saturated carbocycles. The molecule has 1 atom stereocenters. The van der Waals surface area contributed by atoms with E-state index in [4.69, 9.17) is 23.2 Å². The lowest BCUT2D eigenvalue weighted by Gasteiger charge is -2.12. The molecular weight excluding hydrogens is 355 g/mol. The Balaban J connectivity index is 1.65. The number of amides is 1. The lowest BCUT2D eigenvalue weighted by atomic mass is 10.3. The Labute approximate surface area is 148 Å². The molecule has 1 aliphatic carbocycles. The zero-order valence-corrected chi connectivity index (χ0v) is 15.0. The number of halogens is 2. The number of nitrogens with zero attached hydrogens (tertiary/aromatic N) is 3. The van der Waals surface area contributed by atoms with Crippen LogP contribution in [0.5, 0.6) is 0 Å². The number of carbonyl (C=O) groups excluding carboxylic acids is 1. The van der Waals surface area contributed by atoms with E-state index in [0.29, 0.717) is 21.7 Å². The molecule has 0 bridgehead atoms. The predicted molar refractivity (Wildman–Crippen MR) is 93.4 cm³/mol. The summed E-state index contributed by atoms with van der Waals surface area (Å²) >= 11 is 13.3. The van der Waals surface area contributed by atoms with Gasteiger partial charge in [0.1, 0.15) is 5.82 Å². The van der Waals surface area contributed by atoms with Gasteiger partial charge in [-0.2, -0.15) is 0 Å². The molecule has 0 saturated heterocycles. The summed E-state index contributed by atoms with van der Waals surface area (Å²) in [5.41, 5.74) is 0.580. The van der Waals surface area contributed by atoms with Crippen molar-refractivity contribution in [3.63, 3.8) is 0 Å². The average molecular weight is 371 g/mol. The number of hydrogen-bond acceptors (Lipinski definition) is 4. The van der Waals surface area contributed by atoms with Crippen LogP contribution in [0.15, 0.2) is 23.4 Å². The fourth-order valence-electron chi connectivity index (χ4n) is 2.21. The normalized spacial score (nSPS) is 15.5. The maximum atomic E-state index is 12.3. The minimum Gasteiger partial charge on any atom is -0.325 e. The molecule has 1 fully saturated rings. The number of nitrogens with one attached hydrogen (secondary N) is 1. The van der Waals surface area contributed by atoms with Crippen molar-refractivity contribution in [3.8, 4) is 0 Å². The predicted octanol–water partition coefficient (Wildman–Crippen LogP) is 4.12. The first-order valence-electron chi connectivity index (χ1n) is 7.27. The highest BCUT2D eigenvalue weighted by Crippen LogP contribution is 2.39. The van der Waals surface area contributed by atoms with Gasteiger partial charge in [-0.15, -0.1) is 10.2 Å². The second-order valence-electron chi connectivity index (χ2n) is 5.58. The van der Waals surface area contributed by atoms with E-state index in [2.05, 4.69) is 15.5 Å². The van der Waals surface area contributed by atoms with Crippen molar-refractivity contribution < 1.29 is 4.79 Å². The molecule has 1 amide bonds. The Morgan fingerprint density at radius 1 is 1.30 bits per heavy atom. The van der Waals surface area contributed by atoms with Crippen molar-refractivity contribution >= 4 is 46.6 Å². The fraction of sp³-hybridized carbons (Fsp3) is 0.400. The van der Waals surface area contributed by atoms with Crippen molar-refractivity contribution in [2.24, 2.45) is 7.05 Å². The van der Waals surface area contributed by atoms with E-state index in [1.807, 2.05) is 18.5 Å². The Morgan fingerprint density at radius 3 is 2.57 bits per heavy atom. The molecule has 0 unspecified atom stereocenters. The molecule has 0 radical (unpaired) electrons. The van der Waals surface area contributed by atoms with Crippen LogP contribution in [0.25, 0.3) is 0 Å². The van der Waals surface area contributed by atoms with Gasteiger partial charge in [0.25, 0.3) is 0 Å². The molecule has 1 aromatic carbocycles. The van der Waals surface area contributed by atoms with Gasteiger partial charge in [-0.25, -0.2) is 0 Å². The monoisotopic (exact) mass is 370 g/mol. The smallest absolute Gasteiger partial charge is 0.237 e. The van der Waals surface area contributed by atoms with E-state index in [1.54, 1.807) is 18.2 Å². The number of carbonyl (C=O) groups is 1. The summed E-state index contributed by atoms with van der Waals surface area (Å²) < 4.78 is 1.97. The first kappa shape index (κ1) is 16.6. The molecule has 23 heavy (non-hydrogen) atoms. The van der Waals surface area contributed by atoms with Crippen molar-refractivity contribution in [1.29, 1.82) is 0 Å². The van der Waals surface area contributed by atoms with Crippen LogP contribution in [0.2, 0.25) is 10.0 Å². The SMILES string of the molecule is C[C@@H](Sc1nnc(C2CC2)n1C)C(=O)Nc1cc(Cl)cc(Cl)c1. The average Bonchev–Trinajstić information content (AvgIpc) is 3.24. The van der Waals surface area contributed by atoms with Gasteiger partial charge in [0.15, 0.2) is 5.16 Å². The zero-order chi connectivity index (χ0) is 16.6. The summed E-state index contributed by atoms with van der Waals surface area (Å²) in [6.07, 6.45) is 2.34. The minimum atomic E-state index is -0.317. The Morgan fingerprint density at radius 2 is 1.96 bits per heavy atom. The summed E-state index contributed by atoms with van der Waals surface area (Å²) in [5, 5.41) is 12.6. The molecule has 0 spiro atoms. The van der Waals surface area contributed by atoms with E-state index in [1.165, 1.54) is 24.6 Å². The molecule has 1 aromatic heterocycles. The molecule has 5 nitrogen and oxygen atoms in total. The first-order chi connectivity index (χ1) is 10.9. The molecule has 1 heterocycles. The third kappa shape index (κ3) is 4.00. The van der Waals surface area contributed by atoms with Crippen LogP contribution in [-0.4, -0.2) is 25.9 Å². The zero-order valence-electron chi connectivity index (χ0n) is 12.7. The number of hydrogen-bond donors (Lipinski definition) is 1. The Hall–Kier alpha value is -1.24. The van der Waals surface area contributed by atoms with E-state index in [-0.39, 0.29) is 11.2 Å². The largest absolute Gasteiger partial charge is 0.325 e. The standard InChI is InChI=1S/C15H16Cl2N4OS/c1-8(14(22)18-12-6-10(16)5-11(17)7-12)23-15-20-19-13(21(15)2)9-3-4-9/h5-9H,3-4H2,1-2H3,(H,18,22)/t8-/m1/s1. The summed E-state index contributed by atoms with van der Waals surface area (Å²) in [6, 6.07) is 4.95. The highest BCUT2D eigenvalue weighted by atomic mass is 35.5. The highest BCUT2D eigenvalue weighted by molar-refractivity contribution is 8.00. The van der Waals surface area contributed by atoms with Crippen molar-refractivity contribution in [3.05, 3.63) is 34.1 Å². The van der Waals surface area contributed by atoms with Crippen molar-refractivity contribution in [2.75, 3.05) is 5.32 Å². The summed E-state index contributed by atoms with van der Waals surface area (Å²) in [6.45, 7) is 1.83. The van der Waals surface area contributed by atoms with Crippen LogP contribution in [0.4, 0.5) is 5.69 Å². The van der Waals surface area contributed by atoms with Gasteiger partial charge in [0.2, 0.25) is 5.91 Å². The van der Waals surface area contributed by atoms with Crippen molar-refractivity contribution in [2.45, 2.75) is 36.1 Å². The van der Waals surface area contributed by atoms with E-state index < -0.39 is 0 Å². The third-order valence-corrected chi connectivity index (χ3v) is 5.16. The molecule has 2 aromatic rings. The van der Waals surface area contributed by atoms with Crippen LogP contribution in [0.1, 0.15) is 31.5 Å². The molecule has 1 N–H and O–H groups in total. The number of rotatable bonds is 5. The quantitative estimate of drug-likeness (QED) is 0.804. The molecular formula is C15H16Cl2N4OS. The molecule has 1 aliphatic rings. The van der Waals surface area contributed by atoms with Gasteiger partial charge in [-0.1, -0.05) is 35.0 Å². The van der Waals surface area contributed by atoms with Crippen LogP contribution in [0.3, 0.4) is 0 Å². The Kier molecular flexibility index (Phi) is 4.85. The van der Waals surface area contributed by atoms with Crippen molar-refractivity contribution in [1.82, 2.24) is 14.8 Å². The maximum Gasteiger partial charge on any atom is 0.237 e. The Bertz CT molecular complexity index is 725. The third-order valence-electron chi connectivity index (χ3n) is 3.59. The number of aromatic nitrogens is 3. The molecule has 8 heteroatoms. The number of thioether (sulfide) groups is 1. The summed E-state index contributed by atoms with van der Waals surface area (Å²) in [4.78, 5) is 12.3. The van der Waals surface area contributed by atoms with Gasteiger partial charge in [-0.3, -0.25) is 4.79 Å². The van der Waals surface area contributed by atoms with E-state index in [9.17, 15) is 4.79 Å². The van der Waals surface area contributed by atoms with Crippen LogP contribution < -0.4 is 5.32 Å². The van der Waals surface area contributed by atoms with Gasteiger partial charge >= 0.3 is 0 Å². The van der Waals surface area contributed by atoms with E-state index >= 15 is 0 Å². The summed E-state index contributed by atoms with van der Waals surface area (Å²) in [5.74, 6) is 1.39. The fourth-order valence-corrected chi connectivity index (χ4v) is 3.56. The summed E-state index contributed by atoms with van der Waals surface area (Å²) in [7, 11) is 1.94. The lowest BCUT2D eigenvalue weighted by Crippen LogP contribution is -2.22. The van der Waals surface area contributed by atoms with Crippen LogP contribution in [-0.2, 0) is 11.8 Å².